The van der Waals surface area contributed by atoms with Crippen LogP contribution in [0.4, 0.5) is 5.69 Å². The zero-order valence-corrected chi connectivity index (χ0v) is 10.7. The van der Waals surface area contributed by atoms with Crippen LogP contribution in [0.3, 0.4) is 0 Å². The number of aromatic nitrogens is 2. The maximum absolute atomic E-state index is 11.8. The number of benzene rings is 1. The number of nitrogens with zero attached hydrogens (tertiary/aromatic N) is 2. The number of ether oxygens (including phenoxy) is 1. The molecule has 2 aromatic heterocycles. The van der Waals surface area contributed by atoms with Crippen LogP contribution >= 0.6 is 0 Å². The number of hydrogen-bond donors (Lipinski definition) is 1. The highest BCUT2D eigenvalue weighted by atomic mass is 16.5. The van der Waals surface area contributed by atoms with Crippen molar-refractivity contribution < 1.29 is 9.53 Å². The van der Waals surface area contributed by atoms with Crippen molar-refractivity contribution in [2.45, 2.75) is 0 Å². The van der Waals surface area contributed by atoms with Crippen LogP contribution < -0.4 is 10.1 Å². The minimum absolute atomic E-state index is 0.0218. The average Bonchev–Trinajstić information content (AvgIpc) is 2.94. The molecule has 0 saturated heterocycles. The van der Waals surface area contributed by atoms with Crippen molar-refractivity contribution in [2.75, 3.05) is 11.9 Å². The quantitative estimate of drug-likeness (QED) is 0.789. The highest BCUT2D eigenvalue weighted by Gasteiger charge is 2.04. The van der Waals surface area contributed by atoms with E-state index in [9.17, 15) is 4.79 Å². The van der Waals surface area contributed by atoms with E-state index >= 15 is 0 Å². The van der Waals surface area contributed by atoms with E-state index in [1.54, 1.807) is 6.20 Å². The fraction of sp³-hybridized carbons (Fsp3) is 0.0667. The summed E-state index contributed by atoms with van der Waals surface area (Å²) in [5.74, 6) is 0.473. The lowest BCUT2D eigenvalue weighted by atomic mass is 10.3. The number of anilines is 1. The SMILES string of the molecule is O=C(COc1ccccc1)Nc1ccc2nccn2c1. The third-order valence-corrected chi connectivity index (χ3v) is 2.79. The van der Waals surface area contributed by atoms with E-state index in [0.29, 0.717) is 11.4 Å². The molecule has 0 spiro atoms. The molecule has 0 bridgehead atoms. The van der Waals surface area contributed by atoms with Crippen molar-refractivity contribution >= 4 is 17.2 Å². The molecule has 0 aliphatic rings. The second-order valence-corrected chi connectivity index (χ2v) is 4.26. The average molecular weight is 267 g/mol. The predicted octanol–water partition coefficient (Wildman–Crippen LogP) is 2.35. The number of fused-ring (bicyclic) bond motifs is 1. The Morgan fingerprint density at radius 1 is 1.20 bits per heavy atom. The van der Waals surface area contributed by atoms with Crippen molar-refractivity contribution in [1.82, 2.24) is 9.38 Å². The summed E-state index contributed by atoms with van der Waals surface area (Å²) >= 11 is 0. The maximum atomic E-state index is 11.8. The number of rotatable bonds is 4. The Balaban J connectivity index is 1.61. The second-order valence-electron chi connectivity index (χ2n) is 4.26. The molecular weight excluding hydrogens is 254 g/mol. The summed E-state index contributed by atoms with van der Waals surface area (Å²) in [6.45, 7) is -0.0218. The van der Waals surface area contributed by atoms with Gasteiger partial charge in [0.1, 0.15) is 11.4 Å². The molecule has 3 rings (SSSR count). The van der Waals surface area contributed by atoms with Gasteiger partial charge in [-0.25, -0.2) is 4.98 Å². The van der Waals surface area contributed by atoms with E-state index in [1.165, 1.54) is 0 Å². The molecule has 0 saturated carbocycles. The molecule has 0 aliphatic carbocycles. The van der Waals surface area contributed by atoms with Gasteiger partial charge in [-0.3, -0.25) is 4.79 Å². The molecule has 20 heavy (non-hydrogen) atoms. The van der Waals surface area contributed by atoms with Gasteiger partial charge in [0.05, 0.1) is 5.69 Å². The van der Waals surface area contributed by atoms with Crippen LogP contribution in [-0.4, -0.2) is 21.9 Å². The van der Waals surface area contributed by atoms with Crippen molar-refractivity contribution in [3.05, 3.63) is 61.1 Å². The fourth-order valence-electron chi connectivity index (χ4n) is 1.86. The maximum Gasteiger partial charge on any atom is 0.262 e. The second kappa shape index (κ2) is 5.44. The zero-order chi connectivity index (χ0) is 13.8. The third-order valence-electron chi connectivity index (χ3n) is 2.79. The van der Waals surface area contributed by atoms with Crippen molar-refractivity contribution in [3.63, 3.8) is 0 Å². The summed E-state index contributed by atoms with van der Waals surface area (Å²) in [4.78, 5) is 15.9. The normalized spacial score (nSPS) is 10.4. The summed E-state index contributed by atoms with van der Waals surface area (Å²) in [5.41, 5.74) is 1.54. The summed E-state index contributed by atoms with van der Waals surface area (Å²) < 4.78 is 7.22. The number of amides is 1. The Labute approximate surface area is 115 Å². The van der Waals surface area contributed by atoms with Crippen LogP contribution in [0.15, 0.2) is 61.1 Å². The lowest BCUT2D eigenvalue weighted by molar-refractivity contribution is -0.118. The fourth-order valence-corrected chi connectivity index (χ4v) is 1.86. The van der Waals surface area contributed by atoms with E-state index in [-0.39, 0.29) is 12.5 Å². The van der Waals surface area contributed by atoms with Gasteiger partial charge in [0, 0.05) is 18.6 Å². The summed E-state index contributed by atoms with van der Waals surface area (Å²) in [6.07, 6.45) is 5.34. The number of carbonyl (C=O) groups excluding carboxylic acids is 1. The first-order valence-electron chi connectivity index (χ1n) is 6.22. The Morgan fingerprint density at radius 2 is 2.05 bits per heavy atom. The highest BCUT2D eigenvalue weighted by Crippen LogP contribution is 2.11. The van der Waals surface area contributed by atoms with Crippen molar-refractivity contribution in [1.29, 1.82) is 0 Å². The number of imidazole rings is 1. The van der Waals surface area contributed by atoms with Crippen LogP contribution in [0.25, 0.3) is 5.65 Å². The van der Waals surface area contributed by atoms with Crippen molar-refractivity contribution in [2.24, 2.45) is 0 Å². The van der Waals surface area contributed by atoms with E-state index in [4.69, 9.17) is 4.74 Å². The number of carbonyl (C=O) groups is 1. The Morgan fingerprint density at radius 3 is 2.90 bits per heavy atom. The molecule has 2 heterocycles. The first-order valence-corrected chi connectivity index (χ1v) is 6.22. The molecule has 3 aromatic rings. The minimum atomic E-state index is -0.201. The van der Waals surface area contributed by atoms with Gasteiger partial charge in [-0.2, -0.15) is 0 Å². The minimum Gasteiger partial charge on any atom is -0.484 e. The van der Waals surface area contributed by atoms with E-state index in [2.05, 4.69) is 10.3 Å². The van der Waals surface area contributed by atoms with Gasteiger partial charge in [-0.1, -0.05) is 18.2 Å². The molecule has 0 unspecified atom stereocenters. The number of para-hydroxylation sites is 1. The van der Waals surface area contributed by atoms with Gasteiger partial charge in [0.15, 0.2) is 6.61 Å². The highest BCUT2D eigenvalue weighted by molar-refractivity contribution is 5.91. The van der Waals surface area contributed by atoms with Crippen molar-refractivity contribution in [3.8, 4) is 5.75 Å². The van der Waals surface area contributed by atoms with Crippen LogP contribution in [-0.2, 0) is 4.79 Å². The van der Waals surface area contributed by atoms with Gasteiger partial charge in [-0.05, 0) is 24.3 Å². The monoisotopic (exact) mass is 267 g/mol. The van der Waals surface area contributed by atoms with Crippen LogP contribution in [0.1, 0.15) is 0 Å². The predicted molar refractivity (Wildman–Crippen MR) is 75.8 cm³/mol. The standard InChI is InChI=1S/C15H13N3O2/c19-15(11-20-13-4-2-1-3-5-13)17-12-6-7-14-16-8-9-18(14)10-12/h1-10H,11H2,(H,17,19). The lowest BCUT2D eigenvalue weighted by Crippen LogP contribution is -2.20. The van der Waals surface area contributed by atoms with Gasteiger partial charge < -0.3 is 14.5 Å². The molecule has 1 aromatic carbocycles. The zero-order valence-electron chi connectivity index (χ0n) is 10.7. The molecule has 0 fully saturated rings. The van der Waals surface area contributed by atoms with Gasteiger partial charge >= 0.3 is 0 Å². The van der Waals surface area contributed by atoms with Crippen LogP contribution in [0.5, 0.6) is 5.75 Å². The van der Waals surface area contributed by atoms with Gasteiger partial charge in [-0.15, -0.1) is 0 Å². The number of hydrogen-bond acceptors (Lipinski definition) is 3. The molecule has 5 nitrogen and oxygen atoms in total. The first-order chi connectivity index (χ1) is 9.81. The molecule has 0 aliphatic heterocycles. The Kier molecular flexibility index (Phi) is 3.33. The van der Waals surface area contributed by atoms with E-state index in [0.717, 1.165) is 5.65 Å². The smallest absolute Gasteiger partial charge is 0.262 e. The number of nitrogens with one attached hydrogen (secondary N) is 1. The molecule has 5 heteroatoms. The van der Waals surface area contributed by atoms with E-state index < -0.39 is 0 Å². The Hall–Kier alpha value is -2.82. The van der Waals surface area contributed by atoms with Gasteiger partial charge in [0.25, 0.3) is 5.91 Å². The van der Waals surface area contributed by atoms with Crippen LogP contribution in [0.2, 0.25) is 0 Å². The summed E-state index contributed by atoms with van der Waals surface area (Å²) in [5, 5.41) is 2.78. The number of pyridine rings is 1. The van der Waals surface area contributed by atoms with Gasteiger partial charge in [0.2, 0.25) is 0 Å². The third kappa shape index (κ3) is 2.77. The molecular formula is C15H13N3O2. The topological polar surface area (TPSA) is 55.6 Å². The molecule has 0 radical (unpaired) electrons. The van der Waals surface area contributed by atoms with E-state index in [1.807, 2.05) is 59.3 Å². The molecule has 1 N–H and O–H groups in total. The Bertz CT molecular complexity index is 722. The largest absolute Gasteiger partial charge is 0.484 e. The molecule has 1 amide bonds. The van der Waals surface area contributed by atoms with Crippen LogP contribution in [0, 0.1) is 0 Å². The summed E-state index contributed by atoms with van der Waals surface area (Å²) in [7, 11) is 0. The molecule has 0 atom stereocenters. The molecule has 100 valence electrons. The lowest BCUT2D eigenvalue weighted by Gasteiger charge is -2.07. The first kappa shape index (κ1) is 12.2. The summed E-state index contributed by atoms with van der Waals surface area (Å²) in [6, 6.07) is 12.9.